The Kier molecular flexibility index (Phi) is 23.1. The fourth-order valence-electron chi connectivity index (χ4n) is 10.1. The van der Waals surface area contributed by atoms with Crippen molar-refractivity contribution in [1.82, 2.24) is 0 Å². The Labute approximate surface area is 555 Å². The lowest BCUT2D eigenvalue weighted by atomic mass is 9.98. The number of benzene rings is 12. The third kappa shape index (κ3) is 18.6. The topological polar surface area (TPSA) is 126 Å². The largest absolute Gasteiger partial charge is 0.497 e. The van der Waals surface area contributed by atoms with Crippen LogP contribution in [0.4, 0.5) is 0 Å². The molecule has 0 N–H and O–H groups in total. The Balaban J connectivity index is 0.000000156. The second kappa shape index (κ2) is 33.3. The normalized spacial score (nSPS) is 10.4. The number of ether oxygens (including phenoxy) is 10. The molecule has 0 spiro atoms. The van der Waals surface area contributed by atoms with Crippen molar-refractivity contribution in [3.05, 3.63) is 313 Å². The van der Waals surface area contributed by atoms with Crippen LogP contribution >= 0.6 is 0 Å². The minimum absolute atomic E-state index is 0.143. The van der Waals surface area contributed by atoms with Crippen LogP contribution in [0.2, 0.25) is 0 Å². The number of rotatable bonds is 22. The lowest BCUT2D eigenvalue weighted by Gasteiger charge is -2.10. The minimum atomic E-state index is -0.575. The van der Waals surface area contributed by atoms with Crippen LogP contribution in [0.25, 0.3) is 66.8 Å². The zero-order chi connectivity index (χ0) is 66.1. The standard InChI is InChI=1S/C29H24O6.C27H24O4.C27H24O2/c1-32-26-15-11-22(12-16-26)20-3-7-24(8-4-20)28(30)34-19-35-29(31)25-9-5-21(6-10-25)23-13-17-27(33-2)18-14-23;1-28-24-11-3-20(4-12-24)22-7-15-26(16-8-22)30-19-31-27-17-9-23(10-18-27)21-5-13-25(29-2)14-6-21;1-28-26-15-11-24(12-16-26)22-7-3-20(4-8-22)19-21-5-9-23(10-6-21)25-13-17-27(29-2)18-14-25/h3-18H,19H2,1-2H3;3-18H,19H2,1-2H3;3-18H,19H2,1-2H3. The van der Waals surface area contributed by atoms with Gasteiger partial charge in [-0.05, 0) is 206 Å². The Morgan fingerprint density at radius 3 is 0.568 bits per heavy atom. The van der Waals surface area contributed by atoms with Gasteiger partial charge in [-0.1, -0.05) is 170 Å². The predicted octanol–water partition coefficient (Wildman–Crippen LogP) is 19.1. The summed E-state index contributed by atoms with van der Waals surface area (Å²) in [6.45, 7) is -0.331. The number of hydrogen-bond acceptors (Lipinski definition) is 12. The maximum absolute atomic E-state index is 12.3. The minimum Gasteiger partial charge on any atom is -0.497 e. The Bertz CT molecular complexity index is 4030. The fraction of sp³-hybridized carbons (Fsp3) is 0.108. The molecule has 476 valence electrons. The van der Waals surface area contributed by atoms with E-state index in [1.54, 1.807) is 66.9 Å². The van der Waals surface area contributed by atoms with Crippen LogP contribution < -0.4 is 37.9 Å². The lowest BCUT2D eigenvalue weighted by Crippen LogP contribution is -2.13. The first-order valence-electron chi connectivity index (χ1n) is 30.6. The van der Waals surface area contributed by atoms with Crippen LogP contribution in [0.3, 0.4) is 0 Å². The first-order valence-corrected chi connectivity index (χ1v) is 30.6. The molecule has 0 fully saturated rings. The van der Waals surface area contributed by atoms with E-state index in [-0.39, 0.29) is 6.79 Å². The molecular weight excluding hydrogens is 1190 g/mol. The summed E-state index contributed by atoms with van der Waals surface area (Å²) in [6.07, 6.45) is 0.922. The van der Waals surface area contributed by atoms with E-state index in [9.17, 15) is 9.59 Å². The highest BCUT2D eigenvalue weighted by Gasteiger charge is 2.13. The van der Waals surface area contributed by atoms with Crippen LogP contribution in [-0.4, -0.2) is 68.2 Å². The van der Waals surface area contributed by atoms with Crippen LogP contribution in [0.15, 0.2) is 291 Å². The van der Waals surface area contributed by atoms with E-state index in [1.807, 2.05) is 194 Å². The van der Waals surface area contributed by atoms with Crippen molar-refractivity contribution in [1.29, 1.82) is 0 Å². The van der Waals surface area contributed by atoms with Crippen LogP contribution in [-0.2, 0) is 15.9 Å². The second-order valence-electron chi connectivity index (χ2n) is 21.5. The molecule has 0 aliphatic rings. The number of hydrogen-bond donors (Lipinski definition) is 0. The molecule has 0 radical (unpaired) electrons. The highest BCUT2D eigenvalue weighted by Crippen LogP contribution is 2.30. The lowest BCUT2D eigenvalue weighted by molar-refractivity contribution is -0.0167. The maximum atomic E-state index is 12.3. The molecule has 12 rings (SSSR count). The van der Waals surface area contributed by atoms with Gasteiger partial charge >= 0.3 is 11.9 Å². The number of carbonyl (C=O) groups is 2. The van der Waals surface area contributed by atoms with Gasteiger partial charge in [0, 0.05) is 0 Å². The molecule has 0 aliphatic heterocycles. The predicted molar refractivity (Wildman–Crippen MR) is 375 cm³/mol. The first kappa shape index (κ1) is 65.9. The third-order valence-corrected chi connectivity index (χ3v) is 15.6. The summed E-state index contributed by atoms with van der Waals surface area (Å²) < 4.78 is 52.9. The fourth-order valence-corrected chi connectivity index (χ4v) is 10.1. The van der Waals surface area contributed by atoms with Gasteiger partial charge in [0.25, 0.3) is 0 Å². The van der Waals surface area contributed by atoms with Crippen molar-refractivity contribution in [2.75, 3.05) is 56.2 Å². The SMILES string of the molecule is COc1ccc(-c2ccc(C(=O)OCOC(=O)c3ccc(-c4ccc(OC)cc4)cc3)cc2)cc1.COc1ccc(-c2ccc(Cc3ccc(-c4ccc(OC)cc4)cc3)cc2)cc1.COc1ccc(-c2ccc(OCOc3ccc(-c4ccc(OC)cc4)cc3)cc2)cc1. The van der Waals surface area contributed by atoms with Crippen molar-refractivity contribution in [3.63, 3.8) is 0 Å². The molecular formula is C83H72O12. The summed E-state index contributed by atoms with van der Waals surface area (Å²) in [6, 6.07) is 94.9. The molecule has 0 atom stereocenters. The van der Waals surface area contributed by atoms with E-state index in [0.717, 1.165) is 96.9 Å². The molecule has 0 saturated carbocycles. The van der Waals surface area contributed by atoms with Gasteiger partial charge in [0.15, 0.2) is 0 Å². The first-order chi connectivity index (χ1) is 46.6. The monoisotopic (exact) mass is 1260 g/mol. The summed E-state index contributed by atoms with van der Waals surface area (Å²) >= 11 is 0. The quantitative estimate of drug-likeness (QED) is 0.0473. The molecule has 0 aromatic heterocycles. The van der Waals surface area contributed by atoms with E-state index < -0.39 is 18.7 Å². The second-order valence-corrected chi connectivity index (χ2v) is 21.5. The van der Waals surface area contributed by atoms with Crippen molar-refractivity contribution in [2.24, 2.45) is 0 Å². The third-order valence-electron chi connectivity index (χ3n) is 15.6. The zero-order valence-corrected chi connectivity index (χ0v) is 53.7. The number of carbonyl (C=O) groups excluding carboxylic acids is 2. The summed E-state index contributed by atoms with van der Waals surface area (Å²) in [7, 11) is 9.94. The smallest absolute Gasteiger partial charge is 0.340 e. The van der Waals surface area contributed by atoms with Gasteiger partial charge in [-0.25, -0.2) is 9.59 Å². The van der Waals surface area contributed by atoms with E-state index in [0.29, 0.717) is 11.1 Å². The van der Waals surface area contributed by atoms with Gasteiger partial charge in [0.05, 0.1) is 53.8 Å². The van der Waals surface area contributed by atoms with Gasteiger partial charge in [0.2, 0.25) is 13.6 Å². The van der Waals surface area contributed by atoms with Gasteiger partial charge in [-0.3, -0.25) is 0 Å². The van der Waals surface area contributed by atoms with Crippen molar-refractivity contribution in [3.8, 4) is 113 Å². The van der Waals surface area contributed by atoms with Gasteiger partial charge < -0.3 is 47.4 Å². The average Bonchev–Trinajstić information content (AvgIpc) is 1.85. The summed E-state index contributed by atoms with van der Waals surface area (Å²) in [5.74, 6) is 5.36. The van der Waals surface area contributed by atoms with Crippen LogP contribution in [0.5, 0.6) is 46.0 Å². The molecule has 12 nitrogen and oxygen atoms in total. The van der Waals surface area contributed by atoms with E-state index in [2.05, 4.69) is 72.8 Å². The average molecular weight is 1260 g/mol. The molecule has 12 aromatic carbocycles. The molecule has 12 aromatic rings. The van der Waals surface area contributed by atoms with Crippen molar-refractivity contribution < 1.29 is 57.0 Å². The Hall–Kier alpha value is -12.0. The molecule has 95 heavy (non-hydrogen) atoms. The van der Waals surface area contributed by atoms with Gasteiger partial charge in [-0.2, -0.15) is 0 Å². The molecule has 0 aliphatic carbocycles. The molecule has 0 unspecified atom stereocenters. The highest BCUT2D eigenvalue weighted by atomic mass is 16.7. The van der Waals surface area contributed by atoms with Gasteiger partial charge in [-0.15, -0.1) is 0 Å². The molecule has 0 saturated heterocycles. The summed E-state index contributed by atoms with van der Waals surface area (Å²) in [5.41, 5.74) is 16.5. The zero-order valence-electron chi connectivity index (χ0n) is 53.7. The molecule has 12 heteroatoms. The van der Waals surface area contributed by atoms with Crippen molar-refractivity contribution in [2.45, 2.75) is 6.42 Å². The van der Waals surface area contributed by atoms with Gasteiger partial charge in [0.1, 0.15) is 46.0 Å². The molecule has 0 heterocycles. The van der Waals surface area contributed by atoms with Crippen LogP contribution in [0, 0.1) is 0 Å². The van der Waals surface area contributed by atoms with E-state index in [1.165, 1.54) is 33.4 Å². The summed E-state index contributed by atoms with van der Waals surface area (Å²) in [5, 5.41) is 0. The maximum Gasteiger partial charge on any atom is 0.340 e. The Morgan fingerprint density at radius 1 is 0.211 bits per heavy atom. The highest BCUT2D eigenvalue weighted by molar-refractivity contribution is 5.91. The molecule has 0 bridgehead atoms. The number of esters is 2. The van der Waals surface area contributed by atoms with E-state index in [4.69, 9.17) is 47.4 Å². The van der Waals surface area contributed by atoms with Crippen molar-refractivity contribution >= 4 is 11.9 Å². The van der Waals surface area contributed by atoms with Crippen LogP contribution in [0.1, 0.15) is 31.8 Å². The number of methoxy groups -OCH3 is 6. The molecule has 0 amide bonds. The summed E-state index contributed by atoms with van der Waals surface area (Å²) in [4.78, 5) is 24.6. The Morgan fingerprint density at radius 2 is 0.379 bits per heavy atom. The van der Waals surface area contributed by atoms with E-state index >= 15 is 0 Å².